The highest BCUT2D eigenvalue weighted by Gasteiger charge is 1.94. The zero-order valence-electron chi connectivity index (χ0n) is 9.30. The Morgan fingerprint density at radius 1 is 1.38 bits per heavy atom. The Morgan fingerprint density at radius 2 is 2.31 bits per heavy atom. The van der Waals surface area contributed by atoms with Gasteiger partial charge in [-0.05, 0) is 18.6 Å². The van der Waals surface area contributed by atoms with E-state index in [1.807, 2.05) is 25.4 Å². The summed E-state index contributed by atoms with van der Waals surface area (Å²) < 4.78 is 1.80. The van der Waals surface area contributed by atoms with Gasteiger partial charge < -0.3 is 5.32 Å². The minimum absolute atomic E-state index is 0.787. The lowest BCUT2D eigenvalue weighted by atomic mass is 10.3. The summed E-state index contributed by atoms with van der Waals surface area (Å²) in [4.78, 5) is 4.32. The van der Waals surface area contributed by atoms with E-state index in [4.69, 9.17) is 0 Å². The molecule has 5 nitrogen and oxygen atoms in total. The van der Waals surface area contributed by atoms with E-state index in [1.54, 1.807) is 10.9 Å². The van der Waals surface area contributed by atoms with Crippen LogP contribution in [-0.2, 0) is 13.1 Å². The van der Waals surface area contributed by atoms with Gasteiger partial charge in [-0.15, -0.1) is 5.10 Å². The summed E-state index contributed by atoms with van der Waals surface area (Å²) in [6, 6.07) is 4.11. The molecule has 0 bridgehead atoms. The van der Waals surface area contributed by atoms with E-state index in [1.165, 1.54) is 5.56 Å². The molecule has 16 heavy (non-hydrogen) atoms. The van der Waals surface area contributed by atoms with E-state index in [2.05, 4.69) is 26.7 Å². The van der Waals surface area contributed by atoms with Crippen LogP contribution in [0.1, 0.15) is 11.3 Å². The van der Waals surface area contributed by atoms with Gasteiger partial charge in [0.15, 0.2) is 0 Å². The zero-order valence-corrected chi connectivity index (χ0v) is 9.30. The largest absolute Gasteiger partial charge is 0.309 e. The Morgan fingerprint density at radius 3 is 3.00 bits per heavy atom. The summed E-state index contributed by atoms with van der Waals surface area (Å²) in [6.07, 6.45) is 5.42. The first-order valence-corrected chi connectivity index (χ1v) is 5.31. The summed E-state index contributed by atoms with van der Waals surface area (Å²) in [5.41, 5.74) is 2.25. The van der Waals surface area contributed by atoms with Crippen molar-refractivity contribution in [3.05, 3.63) is 42.0 Å². The Kier molecular flexibility index (Phi) is 3.61. The average Bonchev–Trinajstić information content (AvgIpc) is 2.80. The number of hydrogen-bond donors (Lipinski definition) is 1. The highest BCUT2D eigenvalue weighted by atomic mass is 15.4. The maximum atomic E-state index is 4.32. The normalized spacial score (nSPS) is 10.6. The van der Waals surface area contributed by atoms with E-state index in [-0.39, 0.29) is 0 Å². The predicted molar refractivity (Wildman–Crippen MR) is 60.7 cm³/mol. The molecule has 0 fully saturated rings. The smallest absolute Gasteiger partial charge is 0.0692 e. The fourth-order valence-corrected chi connectivity index (χ4v) is 1.37. The Balaban J connectivity index is 1.70. The molecule has 84 valence electrons. The summed E-state index contributed by atoms with van der Waals surface area (Å²) in [5.74, 6) is 0. The lowest BCUT2D eigenvalue weighted by Crippen LogP contribution is -2.20. The number of aryl methyl sites for hydroxylation is 1. The van der Waals surface area contributed by atoms with E-state index in [9.17, 15) is 0 Å². The molecule has 0 aromatic carbocycles. The predicted octanol–water partition coefficient (Wildman–Crippen LogP) is 0.771. The van der Waals surface area contributed by atoms with Crippen LogP contribution in [0.15, 0.2) is 30.7 Å². The first-order valence-electron chi connectivity index (χ1n) is 5.31. The second-order valence-electron chi connectivity index (χ2n) is 3.67. The standard InChI is InChI=1S/C11H15N5/c1-10-2-3-11(13-8-10)9-12-4-6-16-7-5-14-15-16/h2-3,5,7-8,12H,4,6,9H2,1H3. The number of nitrogens with zero attached hydrogens (tertiary/aromatic N) is 4. The van der Waals surface area contributed by atoms with Crippen LogP contribution in [0.2, 0.25) is 0 Å². The topological polar surface area (TPSA) is 55.6 Å². The molecular formula is C11H15N5. The van der Waals surface area contributed by atoms with Crippen molar-refractivity contribution < 1.29 is 0 Å². The van der Waals surface area contributed by atoms with Crippen molar-refractivity contribution in [3.63, 3.8) is 0 Å². The molecule has 0 aliphatic heterocycles. The lowest BCUT2D eigenvalue weighted by Gasteiger charge is -2.04. The van der Waals surface area contributed by atoms with Gasteiger partial charge in [0.2, 0.25) is 0 Å². The Hall–Kier alpha value is -1.75. The van der Waals surface area contributed by atoms with Crippen molar-refractivity contribution in [2.75, 3.05) is 6.54 Å². The Bertz CT molecular complexity index is 406. The van der Waals surface area contributed by atoms with Crippen LogP contribution in [0.3, 0.4) is 0 Å². The average molecular weight is 217 g/mol. The van der Waals surface area contributed by atoms with Gasteiger partial charge in [-0.3, -0.25) is 9.67 Å². The highest BCUT2D eigenvalue weighted by molar-refractivity contribution is 5.11. The molecule has 0 aliphatic carbocycles. The van der Waals surface area contributed by atoms with Crippen molar-refractivity contribution >= 4 is 0 Å². The SMILES string of the molecule is Cc1ccc(CNCCn2ccnn2)nc1. The van der Waals surface area contributed by atoms with Gasteiger partial charge in [-0.25, -0.2) is 0 Å². The third-order valence-corrected chi connectivity index (χ3v) is 2.27. The third-order valence-electron chi connectivity index (χ3n) is 2.27. The first-order chi connectivity index (χ1) is 7.84. The van der Waals surface area contributed by atoms with Gasteiger partial charge in [0.1, 0.15) is 0 Å². The van der Waals surface area contributed by atoms with Crippen LogP contribution in [0.5, 0.6) is 0 Å². The molecule has 2 aromatic heterocycles. The van der Waals surface area contributed by atoms with E-state index in [0.717, 1.165) is 25.3 Å². The van der Waals surface area contributed by atoms with Crippen molar-refractivity contribution in [1.29, 1.82) is 0 Å². The highest BCUT2D eigenvalue weighted by Crippen LogP contribution is 1.97. The van der Waals surface area contributed by atoms with Crippen molar-refractivity contribution in [2.45, 2.75) is 20.0 Å². The van der Waals surface area contributed by atoms with Crippen LogP contribution < -0.4 is 5.32 Å². The van der Waals surface area contributed by atoms with E-state index in [0.29, 0.717) is 0 Å². The van der Waals surface area contributed by atoms with Gasteiger partial charge >= 0.3 is 0 Å². The molecule has 1 N–H and O–H groups in total. The molecule has 0 unspecified atom stereocenters. The number of nitrogens with one attached hydrogen (secondary N) is 1. The van der Waals surface area contributed by atoms with Crippen molar-refractivity contribution in [2.24, 2.45) is 0 Å². The van der Waals surface area contributed by atoms with Crippen LogP contribution in [0.4, 0.5) is 0 Å². The molecule has 0 saturated heterocycles. The van der Waals surface area contributed by atoms with Crippen LogP contribution in [-0.4, -0.2) is 26.5 Å². The fraction of sp³-hybridized carbons (Fsp3) is 0.364. The monoisotopic (exact) mass is 217 g/mol. The molecular weight excluding hydrogens is 202 g/mol. The summed E-state index contributed by atoms with van der Waals surface area (Å²) >= 11 is 0. The molecule has 0 amide bonds. The molecule has 2 aromatic rings. The summed E-state index contributed by atoms with van der Waals surface area (Å²) in [7, 11) is 0. The van der Waals surface area contributed by atoms with E-state index >= 15 is 0 Å². The number of hydrogen-bond acceptors (Lipinski definition) is 4. The molecule has 0 aliphatic rings. The molecule has 0 spiro atoms. The van der Waals surface area contributed by atoms with Gasteiger partial charge in [0.25, 0.3) is 0 Å². The quantitative estimate of drug-likeness (QED) is 0.752. The number of rotatable bonds is 5. The first kappa shape index (κ1) is 10.8. The molecule has 2 rings (SSSR count). The molecule has 0 saturated carbocycles. The minimum atomic E-state index is 0.787. The molecule has 0 atom stereocenters. The second kappa shape index (κ2) is 5.37. The summed E-state index contributed by atoms with van der Waals surface area (Å²) in [5, 5.41) is 10.9. The molecule has 2 heterocycles. The summed E-state index contributed by atoms with van der Waals surface area (Å²) in [6.45, 7) is 4.51. The zero-order chi connectivity index (χ0) is 11.2. The maximum absolute atomic E-state index is 4.32. The van der Waals surface area contributed by atoms with Gasteiger partial charge in [-0.1, -0.05) is 11.3 Å². The molecule has 5 heteroatoms. The van der Waals surface area contributed by atoms with Crippen LogP contribution >= 0.6 is 0 Å². The third kappa shape index (κ3) is 3.13. The van der Waals surface area contributed by atoms with Crippen LogP contribution in [0, 0.1) is 6.92 Å². The van der Waals surface area contributed by atoms with Crippen molar-refractivity contribution in [3.8, 4) is 0 Å². The van der Waals surface area contributed by atoms with Gasteiger partial charge in [0, 0.05) is 25.5 Å². The van der Waals surface area contributed by atoms with Gasteiger partial charge in [0.05, 0.1) is 18.4 Å². The Labute approximate surface area is 94.5 Å². The molecule has 0 radical (unpaired) electrons. The van der Waals surface area contributed by atoms with E-state index < -0.39 is 0 Å². The number of aromatic nitrogens is 4. The fourth-order valence-electron chi connectivity index (χ4n) is 1.37. The number of pyridine rings is 1. The van der Waals surface area contributed by atoms with Gasteiger partial charge in [-0.2, -0.15) is 0 Å². The van der Waals surface area contributed by atoms with Crippen molar-refractivity contribution in [1.82, 2.24) is 25.3 Å². The second-order valence-corrected chi connectivity index (χ2v) is 3.67. The van der Waals surface area contributed by atoms with Crippen LogP contribution in [0.25, 0.3) is 0 Å². The maximum Gasteiger partial charge on any atom is 0.0692 e. The lowest BCUT2D eigenvalue weighted by molar-refractivity contribution is 0.537. The minimum Gasteiger partial charge on any atom is -0.309 e.